The second-order valence-corrected chi connectivity index (χ2v) is 5.65. The van der Waals surface area contributed by atoms with Crippen LogP contribution in [-0.4, -0.2) is 16.5 Å². The van der Waals surface area contributed by atoms with Crippen molar-refractivity contribution in [3.05, 3.63) is 59.2 Å². The highest BCUT2D eigenvalue weighted by Crippen LogP contribution is 2.08. The largest absolute Gasteiger partial charge is 0.311 e. The number of aryl methyl sites for hydroxylation is 1. The van der Waals surface area contributed by atoms with Gasteiger partial charge in [0, 0.05) is 19.2 Å². The minimum atomic E-state index is 0.656. The summed E-state index contributed by atoms with van der Waals surface area (Å²) in [6.45, 7) is 8.33. The highest BCUT2D eigenvalue weighted by molar-refractivity contribution is 5.24. The average Bonchev–Trinajstić information content (AvgIpc) is 2.41. The molecule has 1 aromatic carbocycles. The molecular weight excluding hydrogens is 246 g/mol. The molecular formula is C17H23N3. The first-order valence-corrected chi connectivity index (χ1v) is 7.20. The molecule has 1 aromatic heterocycles. The first kappa shape index (κ1) is 14.7. The standard InChI is InChI=1S/C17H23N3/c1-13(2)11-18-12-16-8-9-19-17(20-16)10-15-6-4-14(3)5-7-15/h4-9,13,18H,10-12H2,1-3H3. The van der Waals surface area contributed by atoms with E-state index < -0.39 is 0 Å². The molecule has 0 aliphatic rings. The van der Waals surface area contributed by atoms with E-state index in [0.717, 1.165) is 31.0 Å². The van der Waals surface area contributed by atoms with Crippen molar-refractivity contribution in [3.63, 3.8) is 0 Å². The van der Waals surface area contributed by atoms with Gasteiger partial charge in [-0.3, -0.25) is 0 Å². The summed E-state index contributed by atoms with van der Waals surface area (Å²) in [5, 5.41) is 3.41. The monoisotopic (exact) mass is 269 g/mol. The van der Waals surface area contributed by atoms with E-state index in [2.05, 4.69) is 60.3 Å². The number of hydrogen-bond donors (Lipinski definition) is 1. The van der Waals surface area contributed by atoms with Gasteiger partial charge in [-0.2, -0.15) is 0 Å². The maximum atomic E-state index is 4.61. The van der Waals surface area contributed by atoms with Crippen molar-refractivity contribution in [1.82, 2.24) is 15.3 Å². The van der Waals surface area contributed by atoms with E-state index in [-0.39, 0.29) is 0 Å². The summed E-state index contributed by atoms with van der Waals surface area (Å²) >= 11 is 0. The molecule has 0 bridgehead atoms. The Morgan fingerprint density at radius 1 is 1.10 bits per heavy atom. The van der Waals surface area contributed by atoms with Crippen LogP contribution in [0.4, 0.5) is 0 Å². The second kappa shape index (κ2) is 7.15. The molecule has 0 atom stereocenters. The minimum absolute atomic E-state index is 0.656. The maximum absolute atomic E-state index is 4.61. The molecule has 0 saturated heterocycles. The third-order valence-electron chi connectivity index (χ3n) is 3.10. The summed E-state index contributed by atoms with van der Waals surface area (Å²) in [7, 11) is 0. The lowest BCUT2D eigenvalue weighted by molar-refractivity contribution is 0.547. The predicted molar refractivity (Wildman–Crippen MR) is 82.6 cm³/mol. The summed E-state index contributed by atoms with van der Waals surface area (Å²) in [5.41, 5.74) is 3.59. The maximum Gasteiger partial charge on any atom is 0.132 e. The minimum Gasteiger partial charge on any atom is -0.311 e. The zero-order valence-corrected chi connectivity index (χ0v) is 12.6. The quantitative estimate of drug-likeness (QED) is 0.875. The SMILES string of the molecule is Cc1ccc(Cc2nccc(CNCC(C)C)n2)cc1. The van der Waals surface area contributed by atoms with Crippen molar-refractivity contribution in [2.45, 2.75) is 33.7 Å². The highest BCUT2D eigenvalue weighted by Gasteiger charge is 2.02. The summed E-state index contributed by atoms with van der Waals surface area (Å²) in [6.07, 6.45) is 2.64. The second-order valence-electron chi connectivity index (χ2n) is 5.65. The first-order valence-electron chi connectivity index (χ1n) is 7.20. The fourth-order valence-electron chi connectivity index (χ4n) is 2.00. The number of nitrogens with one attached hydrogen (secondary N) is 1. The summed E-state index contributed by atoms with van der Waals surface area (Å²) in [4.78, 5) is 8.98. The molecule has 3 nitrogen and oxygen atoms in total. The number of benzene rings is 1. The van der Waals surface area contributed by atoms with Crippen molar-refractivity contribution >= 4 is 0 Å². The summed E-state index contributed by atoms with van der Waals surface area (Å²) in [5.74, 6) is 1.54. The fraction of sp³-hybridized carbons (Fsp3) is 0.412. The Bertz CT molecular complexity index is 532. The van der Waals surface area contributed by atoms with Crippen LogP contribution >= 0.6 is 0 Å². The van der Waals surface area contributed by atoms with Crippen LogP contribution in [0.3, 0.4) is 0 Å². The molecule has 3 heteroatoms. The average molecular weight is 269 g/mol. The van der Waals surface area contributed by atoms with Gasteiger partial charge in [0.2, 0.25) is 0 Å². The van der Waals surface area contributed by atoms with Gasteiger partial charge in [-0.15, -0.1) is 0 Å². The van der Waals surface area contributed by atoms with Crippen molar-refractivity contribution in [1.29, 1.82) is 0 Å². The van der Waals surface area contributed by atoms with Gasteiger partial charge >= 0.3 is 0 Å². The first-order chi connectivity index (χ1) is 9.63. The van der Waals surface area contributed by atoms with Crippen molar-refractivity contribution in [2.75, 3.05) is 6.54 Å². The normalized spacial score (nSPS) is 11.0. The van der Waals surface area contributed by atoms with E-state index in [1.54, 1.807) is 0 Å². The van der Waals surface area contributed by atoms with Crippen LogP contribution in [0.25, 0.3) is 0 Å². The zero-order chi connectivity index (χ0) is 14.4. The molecule has 0 spiro atoms. The van der Waals surface area contributed by atoms with Crippen LogP contribution in [0.1, 0.15) is 36.5 Å². The van der Waals surface area contributed by atoms with Crippen LogP contribution in [-0.2, 0) is 13.0 Å². The molecule has 106 valence electrons. The Morgan fingerprint density at radius 3 is 2.55 bits per heavy atom. The van der Waals surface area contributed by atoms with Crippen LogP contribution in [0.5, 0.6) is 0 Å². The Hall–Kier alpha value is -1.74. The smallest absolute Gasteiger partial charge is 0.132 e. The van der Waals surface area contributed by atoms with E-state index in [4.69, 9.17) is 0 Å². The van der Waals surface area contributed by atoms with E-state index in [0.29, 0.717) is 5.92 Å². The topological polar surface area (TPSA) is 37.8 Å². The molecule has 20 heavy (non-hydrogen) atoms. The molecule has 0 fully saturated rings. The van der Waals surface area contributed by atoms with E-state index in [9.17, 15) is 0 Å². The molecule has 0 amide bonds. The van der Waals surface area contributed by atoms with Crippen molar-refractivity contribution in [2.24, 2.45) is 5.92 Å². The van der Waals surface area contributed by atoms with Gasteiger partial charge in [-0.1, -0.05) is 43.7 Å². The van der Waals surface area contributed by atoms with Gasteiger partial charge in [0.15, 0.2) is 0 Å². The molecule has 2 aromatic rings. The van der Waals surface area contributed by atoms with Crippen LogP contribution < -0.4 is 5.32 Å². The van der Waals surface area contributed by atoms with Crippen molar-refractivity contribution < 1.29 is 0 Å². The van der Waals surface area contributed by atoms with E-state index in [1.165, 1.54) is 11.1 Å². The Kier molecular flexibility index (Phi) is 5.24. The molecule has 1 N–H and O–H groups in total. The fourth-order valence-corrected chi connectivity index (χ4v) is 2.00. The van der Waals surface area contributed by atoms with Gasteiger partial charge in [-0.05, 0) is 31.0 Å². The lowest BCUT2D eigenvalue weighted by Crippen LogP contribution is -2.20. The number of hydrogen-bond acceptors (Lipinski definition) is 3. The Labute approximate surface area is 121 Å². The van der Waals surface area contributed by atoms with Gasteiger partial charge in [0.25, 0.3) is 0 Å². The lowest BCUT2D eigenvalue weighted by Gasteiger charge is -2.08. The van der Waals surface area contributed by atoms with Gasteiger partial charge in [-0.25, -0.2) is 9.97 Å². The predicted octanol–water partition coefficient (Wildman–Crippen LogP) is 3.12. The molecule has 0 unspecified atom stereocenters. The van der Waals surface area contributed by atoms with Gasteiger partial charge in [0.1, 0.15) is 5.82 Å². The molecule has 2 rings (SSSR count). The number of nitrogens with zero attached hydrogens (tertiary/aromatic N) is 2. The lowest BCUT2D eigenvalue weighted by atomic mass is 10.1. The zero-order valence-electron chi connectivity index (χ0n) is 12.6. The highest BCUT2D eigenvalue weighted by atomic mass is 14.9. The van der Waals surface area contributed by atoms with Gasteiger partial charge < -0.3 is 5.32 Å². The molecule has 1 heterocycles. The van der Waals surface area contributed by atoms with Crippen LogP contribution in [0, 0.1) is 12.8 Å². The molecule has 0 aliphatic carbocycles. The van der Waals surface area contributed by atoms with Crippen molar-refractivity contribution in [3.8, 4) is 0 Å². The van der Waals surface area contributed by atoms with E-state index in [1.807, 2.05) is 12.3 Å². The number of aromatic nitrogens is 2. The Morgan fingerprint density at radius 2 is 1.85 bits per heavy atom. The summed E-state index contributed by atoms with van der Waals surface area (Å²) < 4.78 is 0. The third-order valence-corrected chi connectivity index (χ3v) is 3.10. The molecule has 0 radical (unpaired) electrons. The van der Waals surface area contributed by atoms with E-state index >= 15 is 0 Å². The Balaban J connectivity index is 1.96. The van der Waals surface area contributed by atoms with Crippen LogP contribution in [0.2, 0.25) is 0 Å². The molecule has 0 aliphatic heterocycles. The van der Waals surface area contributed by atoms with Crippen LogP contribution in [0.15, 0.2) is 36.5 Å². The third kappa shape index (κ3) is 4.74. The number of rotatable bonds is 6. The summed E-state index contributed by atoms with van der Waals surface area (Å²) in [6, 6.07) is 10.5. The molecule has 0 saturated carbocycles. The van der Waals surface area contributed by atoms with Gasteiger partial charge in [0.05, 0.1) is 5.69 Å².